The second-order valence-corrected chi connectivity index (χ2v) is 5.23. The second kappa shape index (κ2) is 5.69. The van der Waals surface area contributed by atoms with Crippen molar-refractivity contribution >= 4 is 10.9 Å². The SMILES string of the molecule is CCCn1nccc1C(NC)c1nn(C)c2ccccc12. The summed E-state index contributed by atoms with van der Waals surface area (Å²) in [6.07, 6.45) is 2.93. The number of benzene rings is 1. The highest BCUT2D eigenvalue weighted by Crippen LogP contribution is 2.27. The molecule has 1 atom stereocenters. The molecular formula is C16H21N5. The Bertz CT molecular complexity index is 740. The van der Waals surface area contributed by atoms with Crippen LogP contribution in [0.1, 0.15) is 30.8 Å². The van der Waals surface area contributed by atoms with E-state index >= 15 is 0 Å². The van der Waals surface area contributed by atoms with Crippen LogP contribution in [0.4, 0.5) is 0 Å². The summed E-state index contributed by atoms with van der Waals surface area (Å²) >= 11 is 0. The Morgan fingerprint density at radius 1 is 1.24 bits per heavy atom. The van der Waals surface area contributed by atoms with E-state index in [0.29, 0.717) is 0 Å². The molecule has 0 saturated carbocycles. The lowest BCUT2D eigenvalue weighted by Gasteiger charge is -2.16. The van der Waals surface area contributed by atoms with Crippen LogP contribution in [-0.2, 0) is 13.6 Å². The van der Waals surface area contributed by atoms with E-state index in [1.165, 1.54) is 5.39 Å². The topological polar surface area (TPSA) is 47.7 Å². The molecule has 5 heteroatoms. The molecule has 2 heterocycles. The highest BCUT2D eigenvalue weighted by molar-refractivity contribution is 5.82. The van der Waals surface area contributed by atoms with Gasteiger partial charge in [0.1, 0.15) is 0 Å². The molecule has 0 saturated heterocycles. The molecule has 21 heavy (non-hydrogen) atoms. The van der Waals surface area contributed by atoms with Gasteiger partial charge in [0.25, 0.3) is 0 Å². The van der Waals surface area contributed by atoms with Gasteiger partial charge in [-0.15, -0.1) is 0 Å². The predicted molar refractivity (Wildman–Crippen MR) is 84.1 cm³/mol. The summed E-state index contributed by atoms with van der Waals surface area (Å²) < 4.78 is 4.00. The molecule has 110 valence electrons. The Labute approximate surface area is 124 Å². The van der Waals surface area contributed by atoms with Crippen molar-refractivity contribution in [3.05, 3.63) is 47.9 Å². The molecule has 0 radical (unpaired) electrons. The molecule has 0 bridgehead atoms. The number of nitrogens with zero attached hydrogens (tertiary/aromatic N) is 4. The van der Waals surface area contributed by atoms with Crippen LogP contribution in [0, 0.1) is 0 Å². The van der Waals surface area contributed by atoms with Crippen LogP contribution in [0.3, 0.4) is 0 Å². The second-order valence-electron chi connectivity index (χ2n) is 5.23. The van der Waals surface area contributed by atoms with Gasteiger partial charge >= 0.3 is 0 Å². The van der Waals surface area contributed by atoms with E-state index in [4.69, 9.17) is 5.10 Å². The van der Waals surface area contributed by atoms with Crippen LogP contribution in [0.15, 0.2) is 36.5 Å². The van der Waals surface area contributed by atoms with Gasteiger partial charge in [-0.2, -0.15) is 10.2 Å². The fourth-order valence-corrected chi connectivity index (χ4v) is 2.87. The fraction of sp³-hybridized carbons (Fsp3) is 0.375. The molecular weight excluding hydrogens is 262 g/mol. The van der Waals surface area contributed by atoms with Gasteiger partial charge < -0.3 is 5.32 Å². The van der Waals surface area contributed by atoms with E-state index in [-0.39, 0.29) is 6.04 Å². The minimum absolute atomic E-state index is 0.0464. The molecule has 3 rings (SSSR count). The lowest BCUT2D eigenvalue weighted by molar-refractivity contribution is 0.527. The van der Waals surface area contributed by atoms with Gasteiger partial charge in [-0.05, 0) is 25.6 Å². The Balaban J connectivity index is 2.12. The minimum atomic E-state index is 0.0464. The van der Waals surface area contributed by atoms with Gasteiger partial charge in [-0.1, -0.05) is 25.1 Å². The smallest absolute Gasteiger partial charge is 0.0944 e. The van der Waals surface area contributed by atoms with Gasteiger partial charge in [-0.3, -0.25) is 9.36 Å². The molecule has 0 spiro atoms. The Hall–Kier alpha value is -2.14. The van der Waals surface area contributed by atoms with Crippen molar-refractivity contribution in [1.29, 1.82) is 0 Å². The number of para-hydroxylation sites is 1. The maximum Gasteiger partial charge on any atom is 0.0944 e. The summed E-state index contributed by atoms with van der Waals surface area (Å²) in [7, 11) is 3.96. The largest absolute Gasteiger partial charge is 0.307 e. The van der Waals surface area contributed by atoms with Crippen molar-refractivity contribution < 1.29 is 0 Å². The molecule has 1 N–H and O–H groups in total. The maximum atomic E-state index is 4.73. The van der Waals surface area contributed by atoms with Gasteiger partial charge in [0.2, 0.25) is 0 Å². The number of hydrogen-bond acceptors (Lipinski definition) is 3. The first-order chi connectivity index (χ1) is 10.3. The van der Waals surface area contributed by atoms with Gasteiger partial charge in [0.05, 0.1) is 22.9 Å². The molecule has 0 aliphatic heterocycles. The van der Waals surface area contributed by atoms with Crippen LogP contribution in [0.25, 0.3) is 10.9 Å². The average Bonchev–Trinajstić information content (AvgIpc) is 3.08. The third-order valence-corrected chi connectivity index (χ3v) is 3.83. The lowest BCUT2D eigenvalue weighted by Crippen LogP contribution is -2.22. The Morgan fingerprint density at radius 2 is 2.05 bits per heavy atom. The van der Waals surface area contributed by atoms with E-state index in [1.54, 1.807) is 0 Å². The van der Waals surface area contributed by atoms with E-state index < -0.39 is 0 Å². The quantitative estimate of drug-likeness (QED) is 0.782. The first-order valence-corrected chi connectivity index (χ1v) is 7.36. The third kappa shape index (κ3) is 2.34. The van der Waals surface area contributed by atoms with E-state index in [1.807, 2.05) is 31.0 Å². The van der Waals surface area contributed by atoms with Crippen molar-refractivity contribution in [2.24, 2.45) is 7.05 Å². The molecule has 0 aliphatic rings. The summed E-state index contributed by atoms with van der Waals surface area (Å²) in [5.41, 5.74) is 3.35. The number of rotatable bonds is 5. The van der Waals surface area contributed by atoms with Crippen LogP contribution < -0.4 is 5.32 Å². The fourth-order valence-electron chi connectivity index (χ4n) is 2.87. The molecule has 0 fully saturated rings. The van der Waals surface area contributed by atoms with Gasteiger partial charge in [-0.25, -0.2) is 0 Å². The van der Waals surface area contributed by atoms with Crippen LogP contribution in [-0.4, -0.2) is 26.6 Å². The van der Waals surface area contributed by atoms with Crippen molar-refractivity contribution in [2.75, 3.05) is 7.05 Å². The number of fused-ring (bicyclic) bond motifs is 1. The Morgan fingerprint density at radius 3 is 2.81 bits per heavy atom. The van der Waals surface area contributed by atoms with Crippen LogP contribution in [0.5, 0.6) is 0 Å². The molecule has 3 aromatic rings. The zero-order valence-corrected chi connectivity index (χ0v) is 12.7. The summed E-state index contributed by atoms with van der Waals surface area (Å²) in [6.45, 7) is 3.08. The Kier molecular flexibility index (Phi) is 3.75. The third-order valence-electron chi connectivity index (χ3n) is 3.83. The maximum absolute atomic E-state index is 4.73. The first kappa shape index (κ1) is 13.8. The number of aromatic nitrogens is 4. The highest BCUT2D eigenvalue weighted by atomic mass is 15.3. The van der Waals surface area contributed by atoms with Crippen molar-refractivity contribution in [3.8, 4) is 0 Å². The minimum Gasteiger partial charge on any atom is -0.307 e. The molecule has 1 aromatic carbocycles. The number of hydrogen-bond donors (Lipinski definition) is 1. The van der Waals surface area contributed by atoms with Crippen LogP contribution >= 0.6 is 0 Å². The zero-order chi connectivity index (χ0) is 14.8. The van der Waals surface area contributed by atoms with E-state index in [2.05, 4.69) is 46.3 Å². The normalized spacial score (nSPS) is 12.9. The number of nitrogens with one attached hydrogen (secondary N) is 1. The molecule has 1 unspecified atom stereocenters. The van der Waals surface area contributed by atoms with Crippen LogP contribution in [0.2, 0.25) is 0 Å². The van der Waals surface area contributed by atoms with Crippen molar-refractivity contribution in [1.82, 2.24) is 24.9 Å². The summed E-state index contributed by atoms with van der Waals surface area (Å²) in [6, 6.07) is 10.4. The molecule has 0 amide bonds. The molecule has 2 aromatic heterocycles. The monoisotopic (exact) mass is 283 g/mol. The van der Waals surface area contributed by atoms with Crippen molar-refractivity contribution in [3.63, 3.8) is 0 Å². The molecule has 5 nitrogen and oxygen atoms in total. The predicted octanol–water partition coefficient (Wildman–Crippen LogP) is 2.49. The van der Waals surface area contributed by atoms with E-state index in [9.17, 15) is 0 Å². The van der Waals surface area contributed by atoms with Gasteiger partial charge in [0.15, 0.2) is 0 Å². The summed E-state index contributed by atoms with van der Waals surface area (Å²) in [4.78, 5) is 0. The summed E-state index contributed by atoms with van der Waals surface area (Å²) in [5.74, 6) is 0. The van der Waals surface area contributed by atoms with Gasteiger partial charge in [0, 0.05) is 25.2 Å². The zero-order valence-electron chi connectivity index (χ0n) is 12.7. The van der Waals surface area contributed by atoms with Crippen molar-refractivity contribution in [2.45, 2.75) is 25.9 Å². The number of aryl methyl sites for hydroxylation is 2. The standard InChI is InChI=1S/C16H21N5/c1-4-11-21-14(9-10-18-21)16(17-2)15-12-7-5-6-8-13(12)20(3)19-15/h5-10,16-17H,4,11H2,1-3H3. The highest BCUT2D eigenvalue weighted by Gasteiger charge is 2.22. The summed E-state index contributed by atoms with van der Waals surface area (Å²) in [5, 5.41) is 13.7. The molecule has 0 aliphatic carbocycles. The van der Waals surface area contributed by atoms with E-state index in [0.717, 1.165) is 29.9 Å². The lowest BCUT2D eigenvalue weighted by atomic mass is 10.1. The average molecular weight is 283 g/mol. The first-order valence-electron chi connectivity index (χ1n) is 7.36.